The first kappa shape index (κ1) is 16.4. The van der Waals surface area contributed by atoms with Crippen LogP contribution in [0.15, 0.2) is 24.3 Å². The number of carbonyl (C=O) groups is 1. The zero-order valence-electron chi connectivity index (χ0n) is 13.8. The van der Waals surface area contributed by atoms with E-state index in [1.807, 2.05) is 19.9 Å². The van der Waals surface area contributed by atoms with E-state index in [-0.39, 0.29) is 23.7 Å². The Morgan fingerprint density at radius 2 is 2.26 bits per heavy atom. The van der Waals surface area contributed by atoms with Crippen LogP contribution in [0.4, 0.5) is 4.39 Å². The number of nitrogens with zero attached hydrogens (tertiary/aromatic N) is 1. The summed E-state index contributed by atoms with van der Waals surface area (Å²) in [6, 6.07) is 6.77. The summed E-state index contributed by atoms with van der Waals surface area (Å²) in [5.41, 5.74) is 0.995. The van der Waals surface area contributed by atoms with Gasteiger partial charge in [-0.1, -0.05) is 26.0 Å². The molecule has 0 saturated carbocycles. The minimum atomic E-state index is -0.188. The topological polar surface area (TPSA) is 41.6 Å². The molecule has 1 amide bonds. The van der Waals surface area contributed by atoms with Gasteiger partial charge in [-0.05, 0) is 17.7 Å². The average Bonchev–Trinajstić information content (AvgIpc) is 3.05. The molecule has 0 radical (unpaired) electrons. The van der Waals surface area contributed by atoms with Gasteiger partial charge in [-0.15, -0.1) is 0 Å². The van der Waals surface area contributed by atoms with Gasteiger partial charge >= 0.3 is 0 Å². The highest BCUT2D eigenvalue weighted by Gasteiger charge is 2.43. The van der Waals surface area contributed by atoms with Crippen LogP contribution in [0.3, 0.4) is 0 Å². The number of hydrogen-bond donors (Lipinski definition) is 1. The SMILES string of the molecule is CC(C)C(=O)NC[C@@H]1CO[C@H]2CN(Cc3cccc(F)c3)C[C@@H]12. The van der Waals surface area contributed by atoms with E-state index in [4.69, 9.17) is 4.74 Å². The third-order valence-corrected chi connectivity index (χ3v) is 4.87. The fraction of sp³-hybridized carbons (Fsp3) is 0.611. The fourth-order valence-electron chi connectivity index (χ4n) is 3.55. The van der Waals surface area contributed by atoms with Crippen molar-refractivity contribution in [1.29, 1.82) is 0 Å². The normalized spacial score (nSPS) is 27.4. The molecule has 3 rings (SSSR count). The number of rotatable bonds is 5. The Kier molecular flexibility index (Phi) is 4.97. The second kappa shape index (κ2) is 6.97. The molecule has 2 aliphatic rings. The van der Waals surface area contributed by atoms with Crippen molar-refractivity contribution in [3.05, 3.63) is 35.6 Å². The molecule has 5 heteroatoms. The van der Waals surface area contributed by atoms with Crippen molar-refractivity contribution in [2.45, 2.75) is 26.5 Å². The van der Waals surface area contributed by atoms with Crippen LogP contribution in [-0.2, 0) is 16.1 Å². The zero-order valence-corrected chi connectivity index (χ0v) is 13.8. The van der Waals surface area contributed by atoms with Crippen molar-refractivity contribution in [3.63, 3.8) is 0 Å². The third-order valence-electron chi connectivity index (χ3n) is 4.87. The number of amides is 1. The van der Waals surface area contributed by atoms with Crippen molar-refractivity contribution in [1.82, 2.24) is 10.2 Å². The van der Waals surface area contributed by atoms with Crippen LogP contribution < -0.4 is 5.32 Å². The third kappa shape index (κ3) is 3.90. The quantitative estimate of drug-likeness (QED) is 0.903. The predicted molar refractivity (Wildman–Crippen MR) is 86.2 cm³/mol. The lowest BCUT2D eigenvalue weighted by atomic mass is 9.93. The van der Waals surface area contributed by atoms with Gasteiger partial charge in [0.15, 0.2) is 0 Å². The second-order valence-electron chi connectivity index (χ2n) is 7.02. The van der Waals surface area contributed by atoms with Gasteiger partial charge in [0.2, 0.25) is 5.91 Å². The molecule has 1 aromatic rings. The highest BCUT2D eigenvalue weighted by atomic mass is 19.1. The lowest BCUT2D eigenvalue weighted by Crippen LogP contribution is -2.36. The molecular weight excluding hydrogens is 295 g/mol. The Morgan fingerprint density at radius 1 is 1.43 bits per heavy atom. The van der Waals surface area contributed by atoms with Crippen LogP contribution in [0.2, 0.25) is 0 Å². The van der Waals surface area contributed by atoms with E-state index in [0.29, 0.717) is 18.4 Å². The van der Waals surface area contributed by atoms with E-state index < -0.39 is 0 Å². The summed E-state index contributed by atoms with van der Waals surface area (Å²) < 4.78 is 19.2. The molecule has 2 saturated heterocycles. The van der Waals surface area contributed by atoms with Crippen LogP contribution >= 0.6 is 0 Å². The van der Waals surface area contributed by atoms with Crippen LogP contribution in [0.25, 0.3) is 0 Å². The first-order valence-corrected chi connectivity index (χ1v) is 8.39. The van der Waals surface area contributed by atoms with Crippen molar-refractivity contribution in [2.75, 3.05) is 26.2 Å². The lowest BCUT2D eigenvalue weighted by molar-refractivity contribution is -0.124. The van der Waals surface area contributed by atoms with Crippen LogP contribution in [0, 0.1) is 23.6 Å². The number of nitrogens with one attached hydrogen (secondary N) is 1. The minimum absolute atomic E-state index is 0.0150. The highest BCUT2D eigenvalue weighted by Crippen LogP contribution is 2.34. The second-order valence-corrected chi connectivity index (χ2v) is 7.02. The maximum atomic E-state index is 13.3. The van der Waals surface area contributed by atoms with E-state index in [0.717, 1.165) is 31.8 Å². The van der Waals surface area contributed by atoms with Gasteiger partial charge in [-0.25, -0.2) is 4.39 Å². The molecule has 0 unspecified atom stereocenters. The molecular formula is C18H25FN2O2. The first-order chi connectivity index (χ1) is 11.0. The number of carbonyl (C=O) groups excluding carboxylic acids is 1. The van der Waals surface area contributed by atoms with Gasteiger partial charge < -0.3 is 10.1 Å². The van der Waals surface area contributed by atoms with Gasteiger partial charge in [0.25, 0.3) is 0 Å². The van der Waals surface area contributed by atoms with E-state index >= 15 is 0 Å². The molecule has 0 aliphatic carbocycles. The van der Waals surface area contributed by atoms with Crippen molar-refractivity contribution < 1.29 is 13.9 Å². The summed E-state index contributed by atoms with van der Waals surface area (Å²) in [4.78, 5) is 14.1. The highest BCUT2D eigenvalue weighted by molar-refractivity contribution is 5.77. The molecule has 2 fully saturated rings. The first-order valence-electron chi connectivity index (χ1n) is 8.39. The summed E-state index contributed by atoms with van der Waals surface area (Å²) >= 11 is 0. The van der Waals surface area contributed by atoms with Gasteiger partial charge in [-0.3, -0.25) is 9.69 Å². The largest absolute Gasteiger partial charge is 0.376 e. The fourth-order valence-corrected chi connectivity index (χ4v) is 3.55. The number of hydrogen-bond acceptors (Lipinski definition) is 3. The summed E-state index contributed by atoms with van der Waals surface area (Å²) in [6.07, 6.45) is 0.240. The Labute approximate surface area is 137 Å². The predicted octanol–water partition coefficient (Wildman–Crippen LogP) is 2.04. The molecule has 0 spiro atoms. The average molecular weight is 320 g/mol. The molecule has 0 bridgehead atoms. The molecule has 1 aromatic carbocycles. The van der Waals surface area contributed by atoms with E-state index in [2.05, 4.69) is 10.2 Å². The van der Waals surface area contributed by atoms with Crippen molar-refractivity contribution in [2.24, 2.45) is 17.8 Å². The summed E-state index contributed by atoms with van der Waals surface area (Å²) in [5, 5.41) is 3.02. The number of fused-ring (bicyclic) bond motifs is 1. The van der Waals surface area contributed by atoms with E-state index in [9.17, 15) is 9.18 Å². The monoisotopic (exact) mass is 320 g/mol. The Balaban J connectivity index is 1.53. The molecule has 4 nitrogen and oxygen atoms in total. The molecule has 23 heavy (non-hydrogen) atoms. The van der Waals surface area contributed by atoms with Crippen molar-refractivity contribution in [3.8, 4) is 0 Å². The number of benzene rings is 1. The lowest BCUT2D eigenvalue weighted by Gasteiger charge is -2.20. The van der Waals surface area contributed by atoms with Gasteiger partial charge in [0.1, 0.15) is 5.82 Å². The number of ether oxygens (including phenoxy) is 1. The molecule has 1 N–H and O–H groups in total. The minimum Gasteiger partial charge on any atom is -0.376 e. The molecule has 0 aromatic heterocycles. The summed E-state index contributed by atoms with van der Waals surface area (Å²) in [7, 11) is 0. The summed E-state index contributed by atoms with van der Waals surface area (Å²) in [6.45, 7) is 7.80. The zero-order chi connectivity index (χ0) is 16.4. The maximum Gasteiger partial charge on any atom is 0.222 e. The number of halogens is 1. The molecule has 2 aliphatic heterocycles. The standard InChI is InChI=1S/C18H25FN2O2/c1-12(2)18(22)20-7-14-11-23-17-10-21(9-16(14)17)8-13-4-3-5-15(19)6-13/h3-6,12,14,16-17H,7-11H2,1-2H3,(H,20,22)/t14-,16+,17+/m1/s1. The smallest absolute Gasteiger partial charge is 0.222 e. The van der Waals surface area contributed by atoms with E-state index in [1.54, 1.807) is 12.1 Å². The van der Waals surface area contributed by atoms with Gasteiger partial charge in [0.05, 0.1) is 12.7 Å². The van der Waals surface area contributed by atoms with Crippen LogP contribution in [-0.4, -0.2) is 43.2 Å². The number of likely N-dealkylation sites (tertiary alicyclic amines) is 1. The molecule has 3 atom stereocenters. The van der Waals surface area contributed by atoms with Gasteiger partial charge in [-0.2, -0.15) is 0 Å². The van der Waals surface area contributed by atoms with Crippen molar-refractivity contribution >= 4 is 5.91 Å². The van der Waals surface area contributed by atoms with Crippen LogP contribution in [0.5, 0.6) is 0 Å². The molecule has 2 heterocycles. The maximum absolute atomic E-state index is 13.3. The Morgan fingerprint density at radius 3 is 3.00 bits per heavy atom. The van der Waals surface area contributed by atoms with E-state index in [1.165, 1.54) is 6.07 Å². The van der Waals surface area contributed by atoms with Gasteiger partial charge in [0, 0.05) is 43.9 Å². The Bertz CT molecular complexity index is 564. The molecule has 126 valence electrons. The Hall–Kier alpha value is -1.46. The summed E-state index contributed by atoms with van der Waals surface area (Å²) in [5.74, 6) is 0.757. The van der Waals surface area contributed by atoms with Crippen LogP contribution in [0.1, 0.15) is 19.4 Å².